The van der Waals surface area contributed by atoms with Gasteiger partial charge in [0.05, 0.1) is 4.91 Å². The van der Waals surface area contributed by atoms with Crippen LogP contribution in [0.15, 0.2) is 53.4 Å². The molecule has 2 aliphatic heterocycles. The maximum Gasteiger partial charge on any atom is 0.293 e. The molecule has 1 saturated heterocycles. The fraction of sp³-hybridized carbons (Fsp3) is 0.190. The highest BCUT2D eigenvalue weighted by Gasteiger charge is 2.35. The second-order valence-corrected chi connectivity index (χ2v) is 7.91. The third-order valence-corrected chi connectivity index (χ3v) is 5.75. The number of hydrogen-bond donors (Lipinski definition) is 1. The van der Waals surface area contributed by atoms with Crippen LogP contribution in [-0.4, -0.2) is 47.8 Å². The second kappa shape index (κ2) is 8.81. The Kier molecular flexibility index (Phi) is 5.96. The standard InChI is InChI=1S/C21H17ClN2O5S/c22-14-6-2-1-5-13(14)11-18-20(26)24(21(27)30-18)10-9-23-19(25)17-12-28-15-7-3-4-8-16(15)29-17/h1-8,11,17H,9-10,12H2,(H,23,25). The van der Waals surface area contributed by atoms with Crippen molar-refractivity contribution in [2.75, 3.05) is 19.7 Å². The summed E-state index contributed by atoms with van der Waals surface area (Å²) in [5.41, 5.74) is 0.660. The molecular formula is C21H17ClN2O5S. The van der Waals surface area contributed by atoms with E-state index >= 15 is 0 Å². The topological polar surface area (TPSA) is 84.9 Å². The number of thioether (sulfide) groups is 1. The highest BCUT2D eigenvalue weighted by atomic mass is 35.5. The van der Waals surface area contributed by atoms with E-state index in [9.17, 15) is 14.4 Å². The van der Waals surface area contributed by atoms with Gasteiger partial charge in [-0.1, -0.05) is 41.9 Å². The number of ether oxygens (including phenoxy) is 2. The van der Waals surface area contributed by atoms with E-state index in [2.05, 4.69) is 5.32 Å². The molecule has 2 heterocycles. The number of hydrogen-bond acceptors (Lipinski definition) is 6. The Morgan fingerprint density at radius 1 is 1.17 bits per heavy atom. The Morgan fingerprint density at radius 3 is 2.70 bits per heavy atom. The molecule has 0 saturated carbocycles. The number of nitrogens with one attached hydrogen (secondary N) is 1. The fourth-order valence-corrected chi connectivity index (χ4v) is 4.03. The molecule has 154 valence electrons. The average Bonchev–Trinajstić information content (AvgIpc) is 3.02. The predicted molar refractivity (Wildman–Crippen MR) is 113 cm³/mol. The first kappa shape index (κ1) is 20.3. The van der Waals surface area contributed by atoms with E-state index in [0.717, 1.165) is 16.7 Å². The van der Waals surface area contributed by atoms with Gasteiger partial charge in [0, 0.05) is 18.1 Å². The van der Waals surface area contributed by atoms with Crippen molar-refractivity contribution in [3.8, 4) is 11.5 Å². The van der Waals surface area contributed by atoms with Gasteiger partial charge in [-0.3, -0.25) is 19.3 Å². The van der Waals surface area contributed by atoms with E-state index in [4.69, 9.17) is 21.1 Å². The van der Waals surface area contributed by atoms with Crippen LogP contribution in [0.3, 0.4) is 0 Å². The van der Waals surface area contributed by atoms with Crippen LogP contribution >= 0.6 is 23.4 Å². The zero-order chi connectivity index (χ0) is 21.1. The van der Waals surface area contributed by atoms with Crippen molar-refractivity contribution < 1.29 is 23.9 Å². The molecular weight excluding hydrogens is 428 g/mol. The monoisotopic (exact) mass is 444 g/mol. The molecule has 3 amide bonds. The number of imide groups is 1. The minimum Gasteiger partial charge on any atom is -0.485 e. The third-order valence-electron chi connectivity index (χ3n) is 4.50. The molecule has 4 rings (SSSR count). The molecule has 1 unspecified atom stereocenters. The van der Waals surface area contributed by atoms with E-state index in [1.165, 1.54) is 0 Å². The van der Waals surface area contributed by atoms with E-state index in [0.29, 0.717) is 27.0 Å². The van der Waals surface area contributed by atoms with Crippen molar-refractivity contribution in [3.05, 3.63) is 64.0 Å². The summed E-state index contributed by atoms with van der Waals surface area (Å²) in [6.07, 6.45) is 0.797. The van der Waals surface area contributed by atoms with Crippen LogP contribution in [0.1, 0.15) is 5.56 Å². The minimum absolute atomic E-state index is 0.0560. The maximum atomic E-state index is 12.6. The number of rotatable bonds is 5. The molecule has 2 aromatic rings. The van der Waals surface area contributed by atoms with Crippen LogP contribution in [0.4, 0.5) is 4.79 Å². The van der Waals surface area contributed by atoms with Gasteiger partial charge >= 0.3 is 0 Å². The van der Waals surface area contributed by atoms with E-state index < -0.39 is 17.3 Å². The van der Waals surface area contributed by atoms with E-state index in [-0.39, 0.29) is 25.6 Å². The smallest absolute Gasteiger partial charge is 0.293 e. The Hall–Kier alpha value is -2.97. The molecule has 0 radical (unpaired) electrons. The summed E-state index contributed by atoms with van der Waals surface area (Å²) in [5, 5.41) is 2.79. The lowest BCUT2D eigenvalue weighted by molar-refractivity contribution is -0.131. The second-order valence-electron chi connectivity index (χ2n) is 6.51. The Morgan fingerprint density at radius 2 is 1.90 bits per heavy atom. The highest BCUT2D eigenvalue weighted by Crippen LogP contribution is 2.33. The lowest BCUT2D eigenvalue weighted by Gasteiger charge is -2.25. The van der Waals surface area contributed by atoms with Gasteiger partial charge in [0.2, 0.25) is 6.10 Å². The van der Waals surface area contributed by atoms with Gasteiger partial charge in [-0.15, -0.1) is 0 Å². The number of benzene rings is 2. The van der Waals surface area contributed by atoms with Crippen molar-refractivity contribution >= 4 is 46.5 Å². The molecule has 1 N–H and O–H groups in total. The zero-order valence-corrected chi connectivity index (χ0v) is 17.2. The number of para-hydroxylation sites is 2. The molecule has 1 fully saturated rings. The quantitative estimate of drug-likeness (QED) is 0.712. The van der Waals surface area contributed by atoms with Crippen LogP contribution in [0, 0.1) is 0 Å². The fourth-order valence-electron chi connectivity index (χ4n) is 2.98. The lowest BCUT2D eigenvalue weighted by atomic mass is 10.2. The summed E-state index contributed by atoms with van der Waals surface area (Å²) in [6.45, 7) is 0.253. The third kappa shape index (κ3) is 4.29. The van der Waals surface area contributed by atoms with Crippen LogP contribution < -0.4 is 14.8 Å². The summed E-state index contributed by atoms with van der Waals surface area (Å²) in [6, 6.07) is 14.2. The van der Waals surface area contributed by atoms with Crippen molar-refractivity contribution in [1.29, 1.82) is 0 Å². The molecule has 2 aromatic carbocycles. The molecule has 0 aromatic heterocycles. The summed E-state index contributed by atoms with van der Waals surface area (Å²) in [5.74, 6) is 0.303. The molecule has 0 aliphatic carbocycles. The first-order chi connectivity index (χ1) is 14.5. The molecule has 30 heavy (non-hydrogen) atoms. The minimum atomic E-state index is -0.796. The number of carbonyl (C=O) groups excluding carboxylic acids is 3. The van der Waals surface area contributed by atoms with Gasteiger partial charge in [-0.25, -0.2) is 0 Å². The molecule has 2 aliphatic rings. The van der Waals surface area contributed by atoms with Gasteiger partial charge in [0.1, 0.15) is 6.61 Å². The van der Waals surface area contributed by atoms with Crippen molar-refractivity contribution in [1.82, 2.24) is 10.2 Å². The first-order valence-electron chi connectivity index (χ1n) is 9.19. The Bertz CT molecular complexity index is 1040. The lowest BCUT2D eigenvalue weighted by Crippen LogP contribution is -2.46. The van der Waals surface area contributed by atoms with Crippen molar-refractivity contribution in [2.45, 2.75) is 6.10 Å². The molecule has 0 spiro atoms. The van der Waals surface area contributed by atoms with Crippen LogP contribution in [0.5, 0.6) is 11.5 Å². The summed E-state index contributed by atoms with van der Waals surface area (Å²) in [7, 11) is 0. The highest BCUT2D eigenvalue weighted by molar-refractivity contribution is 8.18. The summed E-state index contributed by atoms with van der Waals surface area (Å²) in [4.78, 5) is 38.5. The van der Waals surface area contributed by atoms with Crippen LogP contribution in [0.25, 0.3) is 6.08 Å². The molecule has 9 heteroatoms. The normalized spacial score (nSPS) is 19.3. The number of carbonyl (C=O) groups is 3. The van der Waals surface area contributed by atoms with Gasteiger partial charge in [-0.2, -0.15) is 0 Å². The Balaban J connectivity index is 1.32. The summed E-state index contributed by atoms with van der Waals surface area (Å²) >= 11 is 6.96. The zero-order valence-electron chi connectivity index (χ0n) is 15.7. The van der Waals surface area contributed by atoms with Crippen LogP contribution in [0.2, 0.25) is 5.02 Å². The van der Waals surface area contributed by atoms with Crippen molar-refractivity contribution in [3.63, 3.8) is 0 Å². The average molecular weight is 445 g/mol. The maximum absolute atomic E-state index is 12.6. The Labute approximate surface area is 182 Å². The first-order valence-corrected chi connectivity index (χ1v) is 10.4. The number of fused-ring (bicyclic) bond motifs is 1. The van der Waals surface area contributed by atoms with Gasteiger partial charge < -0.3 is 14.8 Å². The number of nitrogens with zero attached hydrogens (tertiary/aromatic N) is 1. The van der Waals surface area contributed by atoms with Crippen molar-refractivity contribution in [2.24, 2.45) is 0 Å². The van der Waals surface area contributed by atoms with Gasteiger partial charge in [0.25, 0.3) is 17.1 Å². The summed E-state index contributed by atoms with van der Waals surface area (Å²) < 4.78 is 11.2. The number of amides is 3. The van der Waals surface area contributed by atoms with E-state index in [1.54, 1.807) is 48.5 Å². The molecule has 1 atom stereocenters. The van der Waals surface area contributed by atoms with E-state index in [1.807, 2.05) is 6.07 Å². The van der Waals surface area contributed by atoms with Crippen LogP contribution in [-0.2, 0) is 9.59 Å². The SMILES string of the molecule is O=C(NCCN1C(=O)SC(=Cc2ccccc2Cl)C1=O)C1COc2ccccc2O1. The molecule has 0 bridgehead atoms. The van der Waals surface area contributed by atoms with Gasteiger partial charge in [-0.05, 0) is 41.6 Å². The molecule has 7 nitrogen and oxygen atoms in total. The van der Waals surface area contributed by atoms with Gasteiger partial charge in [0.15, 0.2) is 11.5 Å². The largest absolute Gasteiger partial charge is 0.485 e. The predicted octanol–water partition coefficient (Wildman–Crippen LogP) is 3.33. The number of halogens is 1.